The van der Waals surface area contributed by atoms with Crippen LogP contribution >= 0.6 is 11.6 Å². The first-order chi connectivity index (χ1) is 12.6. The van der Waals surface area contributed by atoms with E-state index in [2.05, 4.69) is 4.99 Å². The van der Waals surface area contributed by atoms with Crippen LogP contribution in [0.15, 0.2) is 75.8 Å². The van der Waals surface area contributed by atoms with Gasteiger partial charge in [0.2, 0.25) is 5.90 Å². The van der Waals surface area contributed by atoms with E-state index in [4.69, 9.17) is 20.8 Å². The maximum Gasteiger partial charge on any atom is 0.363 e. The highest BCUT2D eigenvalue weighted by molar-refractivity contribution is 6.33. The first kappa shape index (κ1) is 16.3. The van der Waals surface area contributed by atoms with E-state index in [0.717, 1.165) is 5.56 Å². The molecule has 4 nitrogen and oxygen atoms in total. The summed E-state index contributed by atoms with van der Waals surface area (Å²) < 4.78 is 24.6. The summed E-state index contributed by atoms with van der Waals surface area (Å²) in [4.78, 5) is 16.1. The van der Waals surface area contributed by atoms with Gasteiger partial charge in [-0.3, -0.25) is 0 Å². The largest absolute Gasteiger partial charge is 0.457 e. The van der Waals surface area contributed by atoms with E-state index in [1.54, 1.807) is 30.3 Å². The van der Waals surface area contributed by atoms with E-state index in [9.17, 15) is 9.18 Å². The van der Waals surface area contributed by atoms with Crippen LogP contribution in [-0.2, 0) is 9.53 Å². The van der Waals surface area contributed by atoms with Crippen LogP contribution in [0.2, 0.25) is 5.02 Å². The van der Waals surface area contributed by atoms with Gasteiger partial charge < -0.3 is 9.15 Å². The van der Waals surface area contributed by atoms with E-state index in [1.165, 1.54) is 18.2 Å². The number of ether oxygens (including phenoxy) is 1. The number of benzene rings is 2. The Hall–Kier alpha value is -3.18. The maximum absolute atomic E-state index is 13.8. The van der Waals surface area contributed by atoms with E-state index >= 15 is 0 Å². The molecule has 3 aromatic rings. The van der Waals surface area contributed by atoms with Gasteiger partial charge in [0, 0.05) is 11.6 Å². The highest BCUT2D eigenvalue weighted by Crippen LogP contribution is 2.30. The van der Waals surface area contributed by atoms with Crippen molar-refractivity contribution in [1.29, 1.82) is 0 Å². The van der Waals surface area contributed by atoms with Gasteiger partial charge >= 0.3 is 5.97 Å². The first-order valence-electron chi connectivity index (χ1n) is 7.74. The van der Waals surface area contributed by atoms with Gasteiger partial charge in [-0.15, -0.1) is 0 Å². The predicted molar refractivity (Wildman–Crippen MR) is 96.2 cm³/mol. The summed E-state index contributed by atoms with van der Waals surface area (Å²) >= 11 is 6.16. The lowest BCUT2D eigenvalue weighted by Gasteiger charge is -1.99. The Bertz CT molecular complexity index is 1070. The molecule has 0 amide bonds. The van der Waals surface area contributed by atoms with Crippen molar-refractivity contribution < 1.29 is 18.3 Å². The van der Waals surface area contributed by atoms with Crippen molar-refractivity contribution in [3.63, 3.8) is 0 Å². The van der Waals surface area contributed by atoms with Gasteiger partial charge in [-0.2, -0.15) is 0 Å². The van der Waals surface area contributed by atoms with Crippen LogP contribution in [-0.4, -0.2) is 11.9 Å². The molecule has 1 aliphatic heterocycles. The summed E-state index contributed by atoms with van der Waals surface area (Å²) in [7, 11) is 0. The van der Waals surface area contributed by atoms with Crippen LogP contribution in [0.25, 0.3) is 17.4 Å². The summed E-state index contributed by atoms with van der Waals surface area (Å²) in [5.74, 6) is -0.284. The molecule has 2 heterocycles. The number of rotatable bonds is 3. The van der Waals surface area contributed by atoms with Gasteiger partial charge in [-0.05, 0) is 36.4 Å². The molecule has 0 saturated heterocycles. The van der Waals surface area contributed by atoms with Crippen molar-refractivity contribution in [2.45, 2.75) is 0 Å². The molecule has 6 heteroatoms. The van der Waals surface area contributed by atoms with Crippen molar-refractivity contribution in [2.75, 3.05) is 0 Å². The molecule has 1 aliphatic rings. The standard InChI is InChI=1S/C20H11ClFNO3/c21-15-7-3-1-5-13(15)18-10-9-12(25-18)11-17-20(24)26-19(23-17)14-6-2-4-8-16(14)22/h1-11H/b17-11+. The lowest BCUT2D eigenvalue weighted by molar-refractivity contribution is -0.129. The van der Waals surface area contributed by atoms with E-state index in [1.807, 2.05) is 18.2 Å². The molecule has 4 rings (SSSR count). The molecule has 0 atom stereocenters. The Morgan fingerprint density at radius 3 is 2.46 bits per heavy atom. The number of carbonyl (C=O) groups is 1. The van der Waals surface area contributed by atoms with E-state index in [0.29, 0.717) is 16.5 Å². The molecule has 0 fully saturated rings. The summed E-state index contributed by atoms with van der Waals surface area (Å²) in [6, 6.07) is 16.7. The topological polar surface area (TPSA) is 51.8 Å². The molecular weight excluding hydrogens is 357 g/mol. The zero-order valence-electron chi connectivity index (χ0n) is 13.3. The molecule has 0 radical (unpaired) electrons. The summed E-state index contributed by atoms with van der Waals surface area (Å²) in [6.07, 6.45) is 1.44. The highest BCUT2D eigenvalue weighted by Gasteiger charge is 2.26. The fraction of sp³-hybridized carbons (Fsp3) is 0. The third kappa shape index (κ3) is 3.05. The van der Waals surface area contributed by atoms with Gasteiger partial charge in [0.25, 0.3) is 0 Å². The van der Waals surface area contributed by atoms with Crippen LogP contribution in [0.3, 0.4) is 0 Å². The number of carbonyl (C=O) groups excluding carboxylic acids is 1. The van der Waals surface area contributed by atoms with Crippen LogP contribution in [0.5, 0.6) is 0 Å². The minimum absolute atomic E-state index is 0.0308. The number of cyclic esters (lactones) is 1. The average Bonchev–Trinajstić information content (AvgIpc) is 3.23. The second-order valence-corrected chi connectivity index (χ2v) is 5.90. The molecule has 2 aromatic carbocycles. The lowest BCUT2D eigenvalue weighted by atomic mass is 10.2. The summed E-state index contributed by atoms with van der Waals surface area (Å²) in [5.41, 5.74) is 0.895. The van der Waals surface area contributed by atoms with Crippen LogP contribution < -0.4 is 0 Å². The fourth-order valence-corrected chi connectivity index (χ4v) is 2.76. The highest BCUT2D eigenvalue weighted by atomic mass is 35.5. The number of hydrogen-bond donors (Lipinski definition) is 0. The van der Waals surface area contributed by atoms with Crippen LogP contribution in [0, 0.1) is 5.82 Å². The fourth-order valence-electron chi connectivity index (χ4n) is 2.53. The second-order valence-electron chi connectivity index (χ2n) is 5.50. The van der Waals surface area contributed by atoms with Crippen molar-refractivity contribution in [3.8, 4) is 11.3 Å². The zero-order chi connectivity index (χ0) is 18.1. The number of furan rings is 1. The van der Waals surface area contributed by atoms with Gasteiger partial charge in [-0.1, -0.05) is 35.9 Å². The van der Waals surface area contributed by atoms with Gasteiger partial charge in [0.1, 0.15) is 17.3 Å². The van der Waals surface area contributed by atoms with Crippen molar-refractivity contribution in [1.82, 2.24) is 0 Å². The Morgan fingerprint density at radius 2 is 1.69 bits per heavy atom. The third-order valence-electron chi connectivity index (χ3n) is 3.77. The second kappa shape index (κ2) is 6.61. The number of halogens is 2. The SMILES string of the molecule is O=C1OC(c2ccccc2F)=N/C1=C/c1ccc(-c2ccccc2Cl)o1. The monoisotopic (exact) mass is 367 g/mol. The molecule has 0 N–H and O–H groups in total. The van der Waals surface area contributed by atoms with E-state index in [-0.39, 0.29) is 17.2 Å². The molecular formula is C20H11ClFNO3. The predicted octanol–water partition coefficient (Wildman–Crippen LogP) is 5.08. The van der Waals surface area contributed by atoms with Crippen molar-refractivity contribution in [3.05, 3.63) is 88.5 Å². The number of aliphatic imine (C=N–C) groups is 1. The Labute approximate surface area is 153 Å². The molecule has 0 bridgehead atoms. The number of hydrogen-bond acceptors (Lipinski definition) is 4. The molecule has 0 aliphatic carbocycles. The lowest BCUT2D eigenvalue weighted by Crippen LogP contribution is -2.07. The minimum atomic E-state index is -0.668. The number of nitrogens with zero attached hydrogens (tertiary/aromatic N) is 1. The van der Waals surface area contributed by atoms with Gasteiger partial charge in [0.15, 0.2) is 5.70 Å². The minimum Gasteiger partial charge on any atom is -0.457 e. The Kier molecular flexibility index (Phi) is 4.14. The van der Waals surface area contributed by atoms with Gasteiger partial charge in [0.05, 0.1) is 10.6 Å². The molecule has 26 heavy (non-hydrogen) atoms. The van der Waals surface area contributed by atoms with Crippen LogP contribution in [0.4, 0.5) is 4.39 Å². The molecule has 0 saturated carbocycles. The van der Waals surface area contributed by atoms with E-state index < -0.39 is 11.8 Å². The summed E-state index contributed by atoms with van der Waals surface area (Å²) in [6.45, 7) is 0. The normalized spacial score (nSPS) is 15.2. The molecule has 128 valence electrons. The Morgan fingerprint density at radius 1 is 0.962 bits per heavy atom. The maximum atomic E-state index is 13.8. The van der Waals surface area contributed by atoms with Crippen molar-refractivity contribution in [2.24, 2.45) is 4.99 Å². The molecule has 1 aromatic heterocycles. The summed E-state index contributed by atoms with van der Waals surface area (Å²) in [5, 5.41) is 0.557. The van der Waals surface area contributed by atoms with Crippen molar-refractivity contribution >= 4 is 29.5 Å². The quantitative estimate of drug-likeness (QED) is 0.479. The van der Waals surface area contributed by atoms with Gasteiger partial charge in [-0.25, -0.2) is 14.2 Å². The number of esters is 1. The van der Waals surface area contributed by atoms with Crippen LogP contribution in [0.1, 0.15) is 11.3 Å². The average molecular weight is 368 g/mol. The molecule has 0 spiro atoms. The molecule has 0 unspecified atom stereocenters. The first-order valence-corrected chi connectivity index (χ1v) is 8.12. The zero-order valence-corrected chi connectivity index (χ0v) is 14.0. The third-order valence-corrected chi connectivity index (χ3v) is 4.10. The Balaban J connectivity index is 1.66. The smallest absolute Gasteiger partial charge is 0.363 e.